The van der Waals surface area contributed by atoms with E-state index in [-0.39, 0.29) is 0 Å². The number of allylic oxidation sites excluding steroid dienone is 2. The molecule has 102 valence electrons. The van der Waals surface area contributed by atoms with Crippen LogP contribution in [0.4, 0.5) is 0 Å². The van der Waals surface area contributed by atoms with Gasteiger partial charge in [-0.3, -0.25) is 0 Å². The van der Waals surface area contributed by atoms with Gasteiger partial charge in [-0.05, 0) is 23.0 Å². The Morgan fingerprint density at radius 3 is 1.25 bits per heavy atom. The van der Waals surface area contributed by atoms with E-state index in [4.69, 9.17) is 0 Å². The smallest absolute Gasteiger partial charge is 0.00467 e. The Balaban J connectivity index is 1.90. The molecule has 0 aromatic heterocycles. The maximum atomic E-state index is 2.41. The van der Waals surface area contributed by atoms with Crippen molar-refractivity contribution in [2.24, 2.45) is 11.8 Å². The Hall–Kier alpha value is -1.82. The van der Waals surface area contributed by atoms with Gasteiger partial charge in [0.2, 0.25) is 0 Å². The molecule has 2 aromatic rings. The molecule has 0 saturated carbocycles. The highest BCUT2D eigenvalue weighted by Gasteiger charge is 2.31. The van der Waals surface area contributed by atoms with Gasteiger partial charge in [0.1, 0.15) is 0 Å². The van der Waals surface area contributed by atoms with E-state index in [0.717, 1.165) is 0 Å². The molecule has 0 nitrogen and oxygen atoms in total. The molecule has 20 heavy (non-hydrogen) atoms. The van der Waals surface area contributed by atoms with Crippen molar-refractivity contribution in [3.63, 3.8) is 0 Å². The van der Waals surface area contributed by atoms with Crippen LogP contribution in [0.5, 0.6) is 0 Å². The highest BCUT2D eigenvalue weighted by Crippen LogP contribution is 2.43. The van der Waals surface area contributed by atoms with Crippen LogP contribution in [0.1, 0.15) is 36.8 Å². The molecule has 1 aliphatic rings. The van der Waals surface area contributed by atoms with Gasteiger partial charge in [-0.2, -0.15) is 0 Å². The summed E-state index contributed by atoms with van der Waals surface area (Å²) < 4.78 is 0. The topological polar surface area (TPSA) is 0 Å². The molecule has 0 heteroatoms. The molecule has 3 rings (SSSR count). The second-order valence-electron chi connectivity index (χ2n) is 5.98. The minimum absolute atomic E-state index is 0.547. The van der Waals surface area contributed by atoms with Crippen LogP contribution >= 0.6 is 0 Å². The summed E-state index contributed by atoms with van der Waals surface area (Å²) >= 11 is 0. The minimum atomic E-state index is 0.547. The van der Waals surface area contributed by atoms with Gasteiger partial charge in [0.15, 0.2) is 0 Å². The standard InChI is InChI=1S/C20H22/c1-15-16(2)20(18-11-7-4-8-12-18)14-13-19(15)17-9-5-3-6-10-17/h3-16,19-20H,1-2H3. The number of hydrogen-bond acceptors (Lipinski definition) is 0. The van der Waals surface area contributed by atoms with Gasteiger partial charge in [0.25, 0.3) is 0 Å². The lowest BCUT2D eigenvalue weighted by Crippen LogP contribution is -2.25. The Kier molecular flexibility index (Phi) is 3.73. The Labute approximate surface area is 122 Å². The number of hydrogen-bond donors (Lipinski definition) is 0. The molecule has 0 amide bonds. The zero-order chi connectivity index (χ0) is 13.9. The molecule has 4 atom stereocenters. The van der Waals surface area contributed by atoms with Crippen LogP contribution in [0.3, 0.4) is 0 Å². The van der Waals surface area contributed by atoms with E-state index in [1.54, 1.807) is 0 Å². The van der Waals surface area contributed by atoms with Crippen LogP contribution < -0.4 is 0 Å². The van der Waals surface area contributed by atoms with Crippen molar-refractivity contribution in [2.45, 2.75) is 25.7 Å². The lowest BCUT2D eigenvalue weighted by atomic mass is 9.68. The Bertz CT molecular complexity index is 514. The fourth-order valence-corrected chi connectivity index (χ4v) is 3.42. The summed E-state index contributed by atoms with van der Waals surface area (Å²) in [6.07, 6.45) is 4.83. The van der Waals surface area contributed by atoms with Crippen molar-refractivity contribution in [3.8, 4) is 0 Å². The van der Waals surface area contributed by atoms with Gasteiger partial charge in [-0.25, -0.2) is 0 Å². The monoisotopic (exact) mass is 262 g/mol. The van der Waals surface area contributed by atoms with Crippen LogP contribution in [0.2, 0.25) is 0 Å². The highest BCUT2D eigenvalue weighted by atomic mass is 14.4. The molecule has 1 aliphatic carbocycles. The van der Waals surface area contributed by atoms with E-state index in [1.165, 1.54) is 11.1 Å². The van der Waals surface area contributed by atoms with Crippen molar-refractivity contribution >= 4 is 0 Å². The molecule has 0 heterocycles. The van der Waals surface area contributed by atoms with Crippen LogP contribution in [0, 0.1) is 11.8 Å². The van der Waals surface area contributed by atoms with E-state index in [2.05, 4.69) is 86.7 Å². The SMILES string of the molecule is CC1C(c2ccccc2)C=CC(c2ccccc2)C1C. The maximum absolute atomic E-state index is 2.41. The van der Waals surface area contributed by atoms with Crippen molar-refractivity contribution in [3.05, 3.63) is 83.9 Å². The van der Waals surface area contributed by atoms with Gasteiger partial charge >= 0.3 is 0 Å². The first-order valence-electron chi connectivity index (χ1n) is 7.55. The van der Waals surface area contributed by atoms with E-state index in [9.17, 15) is 0 Å². The van der Waals surface area contributed by atoms with Gasteiger partial charge in [0.05, 0.1) is 0 Å². The zero-order valence-electron chi connectivity index (χ0n) is 12.2. The van der Waals surface area contributed by atoms with Crippen molar-refractivity contribution in [1.82, 2.24) is 0 Å². The molecule has 0 bridgehead atoms. The molecule has 0 N–H and O–H groups in total. The highest BCUT2D eigenvalue weighted by molar-refractivity contribution is 5.32. The summed E-state index contributed by atoms with van der Waals surface area (Å²) in [4.78, 5) is 0. The molecule has 0 spiro atoms. The molecule has 2 aromatic carbocycles. The fourth-order valence-electron chi connectivity index (χ4n) is 3.42. The van der Waals surface area contributed by atoms with Gasteiger partial charge in [0, 0.05) is 11.8 Å². The average Bonchev–Trinajstić information content (AvgIpc) is 2.52. The summed E-state index contributed by atoms with van der Waals surface area (Å²) in [7, 11) is 0. The van der Waals surface area contributed by atoms with Crippen LogP contribution in [-0.4, -0.2) is 0 Å². The normalized spacial score (nSPS) is 29.3. The maximum Gasteiger partial charge on any atom is 0.00467 e. The third-order valence-electron chi connectivity index (χ3n) is 4.86. The summed E-state index contributed by atoms with van der Waals surface area (Å²) in [5, 5.41) is 0. The van der Waals surface area contributed by atoms with Crippen molar-refractivity contribution in [1.29, 1.82) is 0 Å². The van der Waals surface area contributed by atoms with Crippen LogP contribution in [0.15, 0.2) is 72.8 Å². The van der Waals surface area contributed by atoms with Gasteiger partial charge in [-0.1, -0.05) is 86.7 Å². The predicted molar refractivity (Wildman–Crippen MR) is 85.8 cm³/mol. The first-order valence-corrected chi connectivity index (χ1v) is 7.55. The largest absolute Gasteiger partial charge is 0.0801 e. The summed E-state index contributed by atoms with van der Waals surface area (Å²) in [6.45, 7) is 4.78. The second kappa shape index (κ2) is 5.66. The Morgan fingerprint density at radius 1 is 0.550 bits per heavy atom. The van der Waals surface area contributed by atoms with Crippen LogP contribution in [-0.2, 0) is 0 Å². The van der Waals surface area contributed by atoms with E-state index < -0.39 is 0 Å². The van der Waals surface area contributed by atoms with Gasteiger partial charge in [-0.15, -0.1) is 0 Å². The lowest BCUT2D eigenvalue weighted by molar-refractivity contribution is 0.312. The summed E-state index contributed by atoms with van der Waals surface area (Å²) in [5.41, 5.74) is 2.88. The van der Waals surface area contributed by atoms with E-state index in [1.807, 2.05) is 0 Å². The van der Waals surface area contributed by atoms with Crippen LogP contribution in [0.25, 0.3) is 0 Å². The summed E-state index contributed by atoms with van der Waals surface area (Å²) in [5.74, 6) is 2.41. The van der Waals surface area contributed by atoms with E-state index in [0.29, 0.717) is 23.7 Å². The first-order chi connectivity index (χ1) is 9.77. The molecular weight excluding hydrogens is 240 g/mol. The minimum Gasteiger partial charge on any atom is -0.0801 e. The quantitative estimate of drug-likeness (QED) is 0.636. The van der Waals surface area contributed by atoms with Crippen molar-refractivity contribution < 1.29 is 0 Å². The Morgan fingerprint density at radius 2 is 0.900 bits per heavy atom. The predicted octanol–water partition coefficient (Wildman–Crippen LogP) is 5.40. The second-order valence-corrected chi connectivity index (χ2v) is 5.98. The number of rotatable bonds is 2. The van der Waals surface area contributed by atoms with Gasteiger partial charge < -0.3 is 0 Å². The lowest BCUT2D eigenvalue weighted by Gasteiger charge is -2.36. The molecule has 4 unspecified atom stereocenters. The molecule has 0 fully saturated rings. The van der Waals surface area contributed by atoms with Crippen molar-refractivity contribution in [2.75, 3.05) is 0 Å². The molecule has 0 radical (unpaired) electrons. The third kappa shape index (κ3) is 2.43. The molecular formula is C20H22. The first kappa shape index (κ1) is 13.2. The summed E-state index contributed by atoms with van der Waals surface area (Å²) in [6, 6.07) is 21.8. The third-order valence-corrected chi connectivity index (χ3v) is 4.86. The molecule has 0 aliphatic heterocycles. The molecule has 0 saturated heterocycles. The fraction of sp³-hybridized carbons (Fsp3) is 0.300. The zero-order valence-corrected chi connectivity index (χ0v) is 12.2. The number of benzene rings is 2. The average molecular weight is 262 g/mol. The van der Waals surface area contributed by atoms with E-state index >= 15 is 0 Å².